The molecule has 0 aromatic carbocycles. The van der Waals surface area contributed by atoms with E-state index < -0.39 is 0 Å². The van der Waals surface area contributed by atoms with Crippen molar-refractivity contribution >= 4 is 5.91 Å². The zero-order chi connectivity index (χ0) is 8.89. The molecule has 1 atom stereocenters. The lowest BCUT2D eigenvalue weighted by molar-refractivity contribution is -0.120. The van der Waals surface area contributed by atoms with E-state index in [1.165, 1.54) is 25.9 Å². The van der Waals surface area contributed by atoms with E-state index >= 15 is 0 Å². The Morgan fingerprint density at radius 1 is 1.38 bits per heavy atom. The molecule has 1 spiro atoms. The lowest BCUT2D eigenvalue weighted by Gasteiger charge is -2.51. The lowest BCUT2D eigenvalue weighted by Crippen LogP contribution is -2.55. The molecule has 1 amide bonds. The third-order valence-corrected chi connectivity index (χ3v) is 4.14. The van der Waals surface area contributed by atoms with E-state index in [4.69, 9.17) is 0 Å². The number of nitrogens with one attached hydrogen (secondary N) is 1. The summed E-state index contributed by atoms with van der Waals surface area (Å²) >= 11 is 0. The molecule has 0 aliphatic carbocycles. The van der Waals surface area contributed by atoms with Crippen LogP contribution >= 0.6 is 0 Å². The van der Waals surface area contributed by atoms with Crippen LogP contribution in [-0.4, -0.2) is 37.0 Å². The number of amides is 1. The van der Waals surface area contributed by atoms with Gasteiger partial charge in [0.2, 0.25) is 5.91 Å². The topological polar surface area (TPSA) is 32.3 Å². The Morgan fingerprint density at radius 3 is 2.62 bits per heavy atom. The summed E-state index contributed by atoms with van der Waals surface area (Å²) in [7, 11) is 0. The Morgan fingerprint density at radius 2 is 2.15 bits per heavy atom. The van der Waals surface area contributed by atoms with Crippen molar-refractivity contribution in [2.75, 3.05) is 26.2 Å². The van der Waals surface area contributed by atoms with Gasteiger partial charge < -0.3 is 10.2 Å². The van der Waals surface area contributed by atoms with Gasteiger partial charge in [-0.15, -0.1) is 0 Å². The predicted octanol–water partition coefficient (Wildman–Crippen LogP) is 0.218. The van der Waals surface area contributed by atoms with Crippen molar-refractivity contribution in [2.45, 2.75) is 19.3 Å². The number of carbonyl (C=O) groups excluding carboxylic acids is 1. The molecule has 0 unspecified atom stereocenters. The molecule has 0 aromatic heterocycles. The lowest BCUT2D eigenvalue weighted by atomic mass is 9.66. The summed E-state index contributed by atoms with van der Waals surface area (Å²) < 4.78 is 0. The van der Waals surface area contributed by atoms with Gasteiger partial charge >= 0.3 is 0 Å². The molecule has 4 aliphatic rings. The summed E-state index contributed by atoms with van der Waals surface area (Å²) in [5, 5.41) is 3.00. The number of nitrogens with zero attached hydrogens (tertiary/aromatic N) is 1. The molecule has 4 heterocycles. The molecule has 0 radical (unpaired) electrons. The van der Waals surface area contributed by atoms with Gasteiger partial charge in [-0.05, 0) is 31.8 Å². The highest BCUT2D eigenvalue weighted by Gasteiger charge is 2.50. The zero-order valence-corrected chi connectivity index (χ0v) is 7.88. The second-order valence-corrected chi connectivity index (χ2v) is 4.87. The monoisotopic (exact) mass is 180 g/mol. The van der Waals surface area contributed by atoms with Crippen LogP contribution in [0.2, 0.25) is 0 Å². The Kier molecular flexibility index (Phi) is 1.48. The molecule has 3 nitrogen and oxygen atoms in total. The van der Waals surface area contributed by atoms with E-state index in [1.54, 1.807) is 0 Å². The van der Waals surface area contributed by atoms with Gasteiger partial charge in [-0.2, -0.15) is 0 Å². The number of piperidine rings is 3. The maximum atomic E-state index is 11.3. The van der Waals surface area contributed by atoms with Crippen molar-refractivity contribution in [3.63, 3.8) is 0 Å². The first-order chi connectivity index (χ1) is 6.28. The minimum atomic E-state index is 0.272. The minimum Gasteiger partial charge on any atom is -0.355 e. The highest BCUT2D eigenvalue weighted by Crippen LogP contribution is 2.45. The molecule has 4 fully saturated rings. The fourth-order valence-corrected chi connectivity index (χ4v) is 3.40. The van der Waals surface area contributed by atoms with Crippen LogP contribution in [-0.2, 0) is 4.79 Å². The van der Waals surface area contributed by atoms with Gasteiger partial charge in [-0.1, -0.05) is 0 Å². The van der Waals surface area contributed by atoms with Crippen LogP contribution in [0.1, 0.15) is 19.3 Å². The van der Waals surface area contributed by atoms with Crippen molar-refractivity contribution in [2.24, 2.45) is 11.3 Å². The first-order valence-corrected chi connectivity index (χ1v) is 5.28. The summed E-state index contributed by atoms with van der Waals surface area (Å²) in [5.74, 6) is 1.09. The molecule has 2 bridgehead atoms. The van der Waals surface area contributed by atoms with Crippen molar-refractivity contribution in [3.05, 3.63) is 0 Å². The minimum absolute atomic E-state index is 0.272. The second-order valence-electron chi connectivity index (χ2n) is 4.87. The Balaban J connectivity index is 1.87. The van der Waals surface area contributed by atoms with Crippen molar-refractivity contribution < 1.29 is 4.79 Å². The van der Waals surface area contributed by atoms with Gasteiger partial charge in [0, 0.05) is 24.9 Å². The zero-order valence-electron chi connectivity index (χ0n) is 7.88. The summed E-state index contributed by atoms with van der Waals surface area (Å²) in [6, 6.07) is 0. The van der Waals surface area contributed by atoms with E-state index in [1.807, 2.05) is 0 Å². The van der Waals surface area contributed by atoms with E-state index in [-0.39, 0.29) is 5.91 Å². The molecule has 3 heteroatoms. The highest BCUT2D eigenvalue weighted by molar-refractivity contribution is 5.79. The van der Waals surface area contributed by atoms with Crippen LogP contribution in [0.3, 0.4) is 0 Å². The van der Waals surface area contributed by atoms with Gasteiger partial charge in [0.1, 0.15) is 0 Å². The molecular weight excluding hydrogens is 164 g/mol. The van der Waals surface area contributed by atoms with Gasteiger partial charge in [0.05, 0.1) is 0 Å². The number of hydrogen-bond acceptors (Lipinski definition) is 2. The first kappa shape index (κ1) is 7.80. The van der Waals surface area contributed by atoms with Gasteiger partial charge in [0.25, 0.3) is 0 Å². The SMILES string of the molecule is O=C1C[C@]2(CN1)CN1CCC2CC1. The van der Waals surface area contributed by atoms with Gasteiger partial charge in [0.15, 0.2) is 0 Å². The maximum absolute atomic E-state index is 11.3. The van der Waals surface area contributed by atoms with E-state index in [0.717, 1.165) is 25.4 Å². The predicted molar refractivity (Wildman–Crippen MR) is 49.2 cm³/mol. The van der Waals surface area contributed by atoms with E-state index in [9.17, 15) is 4.79 Å². The van der Waals surface area contributed by atoms with Crippen molar-refractivity contribution in [1.82, 2.24) is 10.2 Å². The standard InChI is InChI=1S/C10H16N2O/c13-9-5-10(6-11-9)7-12-3-1-8(10)2-4-12/h8H,1-7H2,(H,11,13)/t10-/m0/s1. The summed E-state index contributed by atoms with van der Waals surface area (Å²) in [6.07, 6.45) is 3.41. The van der Waals surface area contributed by atoms with Gasteiger partial charge in [-0.25, -0.2) is 0 Å². The Hall–Kier alpha value is -0.570. The van der Waals surface area contributed by atoms with Crippen LogP contribution in [0.15, 0.2) is 0 Å². The number of fused-ring (bicyclic) bond motifs is 2. The fourth-order valence-electron chi connectivity index (χ4n) is 3.40. The van der Waals surface area contributed by atoms with Crippen LogP contribution in [0.4, 0.5) is 0 Å². The van der Waals surface area contributed by atoms with Crippen LogP contribution < -0.4 is 5.32 Å². The molecule has 72 valence electrons. The Bertz CT molecular complexity index is 245. The number of carbonyl (C=O) groups is 1. The van der Waals surface area contributed by atoms with Crippen LogP contribution in [0.25, 0.3) is 0 Å². The van der Waals surface area contributed by atoms with E-state index in [0.29, 0.717) is 5.41 Å². The fraction of sp³-hybridized carbons (Fsp3) is 0.900. The maximum Gasteiger partial charge on any atom is 0.220 e. The number of rotatable bonds is 0. The molecule has 4 saturated heterocycles. The second kappa shape index (κ2) is 2.47. The molecule has 13 heavy (non-hydrogen) atoms. The third kappa shape index (κ3) is 1.03. The smallest absolute Gasteiger partial charge is 0.220 e. The number of hydrogen-bond donors (Lipinski definition) is 1. The quantitative estimate of drug-likeness (QED) is 0.578. The van der Waals surface area contributed by atoms with Crippen molar-refractivity contribution in [3.8, 4) is 0 Å². The highest BCUT2D eigenvalue weighted by atomic mass is 16.1. The Labute approximate surface area is 78.5 Å². The normalized spacial score (nSPS) is 48.5. The molecular formula is C10H16N2O. The molecule has 4 aliphatic heterocycles. The summed E-state index contributed by atoms with van der Waals surface area (Å²) in [5.41, 5.74) is 0.327. The third-order valence-electron chi connectivity index (χ3n) is 4.14. The van der Waals surface area contributed by atoms with Crippen LogP contribution in [0, 0.1) is 11.3 Å². The summed E-state index contributed by atoms with van der Waals surface area (Å²) in [4.78, 5) is 13.8. The molecule has 0 saturated carbocycles. The first-order valence-electron chi connectivity index (χ1n) is 5.28. The van der Waals surface area contributed by atoms with Crippen LogP contribution in [0.5, 0.6) is 0 Å². The average Bonchev–Trinajstić information content (AvgIpc) is 2.49. The average molecular weight is 180 g/mol. The molecule has 0 aromatic rings. The largest absolute Gasteiger partial charge is 0.355 e. The van der Waals surface area contributed by atoms with E-state index in [2.05, 4.69) is 10.2 Å². The van der Waals surface area contributed by atoms with Gasteiger partial charge in [-0.3, -0.25) is 4.79 Å². The summed E-state index contributed by atoms with van der Waals surface area (Å²) in [6.45, 7) is 4.63. The van der Waals surface area contributed by atoms with Crippen molar-refractivity contribution in [1.29, 1.82) is 0 Å². The molecule has 4 rings (SSSR count). The molecule has 1 N–H and O–H groups in total.